The molecule has 0 atom stereocenters. The molecule has 0 heterocycles. The Hall–Kier alpha value is -1.52. The van der Waals surface area contributed by atoms with Crippen molar-refractivity contribution in [2.45, 2.75) is 18.7 Å². The number of benzene rings is 2. The highest BCUT2D eigenvalue weighted by molar-refractivity contribution is 7.99. The van der Waals surface area contributed by atoms with Gasteiger partial charge in [-0.1, -0.05) is 43.4 Å². The Labute approximate surface area is 129 Å². The summed E-state index contributed by atoms with van der Waals surface area (Å²) < 4.78 is 6.01. The van der Waals surface area contributed by atoms with Crippen molar-refractivity contribution in [3.8, 4) is 11.5 Å². The van der Waals surface area contributed by atoms with Crippen LogP contribution in [0.15, 0.2) is 47.4 Å². The summed E-state index contributed by atoms with van der Waals surface area (Å²) in [6.45, 7) is 4.11. The Morgan fingerprint density at radius 1 is 1.15 bits per heavy atom. The highest BCUT2D eigenvalue weighted by Crippen LogP contribution is 2.33. The first-order valence-electron chi connectivity index (χ1n) is 6.42. The molecular formula is C16H17NOS2. The molecule has 2 N–H and O–H groups in total. The van der Waals surface area contributed by atoms with E-state index >= 15 is 0 Å². The lowest BCUT2D eigenvalue weighted by atomic mass is 10.2. The SMILES string of the molecule is CCSc1cccc(Oc2ccccc2C)c1C(N)=S. The summed E-state index contributed by atoms with van der Waals surface area (Å²) in [7, 11) is 0. The molecule has 4 heteroatoms. The first-order chi connectivity index (χ1) is 9.63. The average molecular weight is 303 g/mol. The van der Waals surface area contributed by atoms with Crippen molar-refractivity contribution < 1.29 is 4.74 Å². The highest BCUT2D eigenvalue weighted by Gasteiger charge is 2.13. The molecule has 2 aromatic carbocycles. The maximum atomic E-state index is 6.01. The van der Waals surface area contributed by atoms with Crippen LogP contribution in [0, 0.1) is 6.92 Å². The molecule has 20 heavy (non-hydrogen) atoms. The van der Waals surface area contributed by atoms with E-state index in [4.69, 9.17) is 22.7 Å². The van der Waals surface area contributed by atoms with Crippen LogP contribution in [0.1, 0.15) is 18.1 Å². The summed E-state index contributed by atoms with van der Waals surface area (Å²) in [6, 6.07) is 13.8. The van der Waals surface area contributed by atoms with Crippen LogP contribution in [0.25, 0.3) is 0 Å². The van der Waals surface area contributed by atoms with E-state index in [0.29, 0.717) is 10.7 Å². The van der Waals surface area contributed by atoms with Gasteiger partial charge in [-0.3, -0.25) is 0 Å². The Kier molecular flexibility index (Phi) is 5.04. The number of thiocarbonyl (C=S) groups is 1. The molecule has 0 aromatic heterocycles. The van der Waals surface area contributed by atoms with E-state index in [9.17, 15) is 0 Å². The summed E-state index contributed by atoms with van der Waals surface area (Å²) in [4.78, 5) is 1.43. The van der Waals surface area contributed by atoms with Crippen molar-refractivity contribution in [2.75, 3.05) is 5.75 Å². The molecule has 2 aromatic rings. The molecule has 2 nitrogen and oxygen atoms in total. The lowest BCUT2D eigenvalue weighted by Gasteiger charge is -2.15. The molecule has 0 aliphatic rings. The van der Waals surface area contributed by atoms with Gasteiger partial charge in [0.15, 0.2) is 0 Å². The molecule has 0 spiro atoms. The van der Waals surface area contributed by atoms with Crippen molar-refractivity contribution in [1.29, 1.82) is 0 Å². The van der Waals surface area contributed by atoms with Gasteiger partial charge in [0.1, 0.15) is 16.5 Å². The molecule has 0 aliphatic carbocycles. The number of ether oxygens (including phenoxy) is 1. The fraction of sp³-hybridized carbons (Fsp3) is 0.188. The van der Waals surface area contributed by atoms with Crippen molar-refractivity contribution in [1.82, 2.24) is 0 Å². The van der Waals surface area contributed by atoms with Crippen molar-refractivity contribution in [3.05, 3.63) is 53.6 Å². The highest BCUT2D eigenvalue weighted by atomic mass is 32.2. The number of para-hydroxylation sites is 1. The van der Waals surface area contributed by atoms with Crippen LogP contribution < -0.4 is 10.5 Å². The van der Waals surface area contributed by atoms with Crippen LogP contribution in [-0.4, -0.2) is 10.7 Å². The van der Waals surface area contributed by atoms with Gasteiger partial charge >= 0.3 is 0 Å². The molecule has 0 aliphatic heterocycles. The quantitative estimate of drug-likeness (QED) is 0.650. The number of thioether (sulfide) groups is 1. The Balaban J connectivity index is 2.44. The monoisotopic (exact) mass is 303 g/mol. The van der Waals surface area contributed by atoms with Gasteiger partial charge < -0.3 is 10.5 Å². The third-order valence-electron chi connectivity index (χ3n) is 2.85. The van der Waals surface area contributed by atoms with E-state index in [0.717, 1.165) is 27.5 Å². The lowest BCUT2D eigenvalue weighted by molar-refractivity contribution is 0.476. The summed E-state index contributed by atoms with van der Waals surface area (Å²) in [5.74, 6) is 2.50. The third kappa shape index (κ3) is 3.32. The molecule has 0 unspecified atom stereocenters. The van der Waals surface area contributed by atoms with E-state index in [-0.39, 0.29) is 0 Å². The lowest BCUT2D eigenvalue weighted by Crippen LogP contribution is -2.12. The van der Waals surface area contributed by atoms with Crippen molar-refractivity contribution in [3.63, 3.8) is 0 Å². The molecule has 0 radical (unpaired) electrons. The zero-order valence-corrected chi connectivity index (χ0v) is 13.2. The van der Waals surface area contributed by atoms with Gasteiger partial charge in [0.2, 0.25) is 0 Å². The second-order valence-electron chi connectivity index (χ2n) is 4.29. The molecule has 0 fully saturated rings. The van der Waals surface area contributed by atoms with Gasteiger partial charge in [0.25, 0.3) is 0 Å². The minimum Gasteiger partial charge on any atom is -0.456 e. The smallest absolute Gasteiger partial charge is 0.138 e. The molecule has 0 saturated heterocycles. The van der Waals surface area contributed by atoms with Gasteiger partial charge in [0, 0.05) is 4.90 Å². The molecule has 2 rings (SSSR count). The number of rotatable bonds is 5. The normalized spacial score (nSPS) is 10.3. The van der Waals surface area contributed by atoms with E-state index < -0.39 is 0 Å². The van der Waals surface area contributed by atoms with E-state index in [1.54, 1.807) is 11.8 Å². The molecular weight excluding hydrogens is 286 g/mol. The average Bonchev–Trinajstić information content (AvgIpc) is 2.41. The largest absolute Gasteiger partial charge is 0.456 e. The first kappa shape index (κ1) is 14.9. The zero-order valence-electron chi connectivity index (χ0n) is 11.6. The minimum atomic E-state index is 0.366. The second-order valence-corrected chi connectivity index (χ2v) is 6.04. The number of hydrogen-bond acceptors (Lipinski definition) is 3. The minimum absolute atomic E-state index is 0.366. The van der Waals surface area contributed by atoms with Gasteiger partial charge in [0.05, 0.1) is 5.56 Å². The predicted molar refractivity (Wildman–Crippen MR) is 90.0 cm³/mol. The Bertz CT molecular complexity index is 626. The zero-order chi connectivity index (χ0) is 14.5. The van der Waals surface area contributed by atoms with E-state index in [1.165, 1.54) is 0 Å². The van der Waals surface area contributed by atoms with Gasteiger partial charge in [-0.25, -0.2) is 0 Å². The molecule has 0 amide bonds. The number of hydrogen-bond donors (Lipinski definition) is 1. The van der Waals surface area contributed by atoms with Crippen LogP contribution in [0.5, 0.6) is 11.5 Å². The number of nitrogens with two attached hydrogens (primary N) is 1. The van der Waals surface area contributed by atoms with Crippen LogP contribution in [0.4, 0.5) is 0 Å². The summed E-state index contributed by atoms with van der Waals surface area (Å²) in [5, 5.41) is 0. The Morgan fingerprint density at radius 3 is 2.50 bits per heavy atom. The summed E-state index contributed by atoms with van der Waals surface area (Å²) >= 11 is 6.90. The molecule has 104 valence electrons. The second kappa shape index (κ2) is 6.77. The molecule has 0 saturated carbocycles. The standard InChI is InChI=1S/C16H17NOS2/c1-3-20-14-10-6-9-13(15(14)16(17)19)18-12-8-5-4-7-11(12)2/h4-10H,3H2,1-2H3,(H2,17,19). The summed E-state index contributed by atoms with van der Waals surface area (Å²) in [5.41, 5.74) is 7.77. The topological polar surface area (TPSA) is 35.2 Å². The van der Waals surface area contributed by atoms with Gasteiger partial charge in [-0.05, 0) is 36.4 Å². The van der Waals surface area contributed by atoms with E-state index in [2.05, 4.69) is 6.92 Å². The van der Waals surface area contributed by atoms with Crippen LogP contribution >= 0.6 is 24.0 Å². The maximum Gasteiger partial charge on any atom is 0.138 e. The number of aryl methyl sites for hydroxylation is 1. The fourth-order valence-corrected chi connectivity index (χ4v) is 3.02. The van der Waals surface area contributed by atoms with Crippen LogP contribution in [-0.2, 0) is 0 Å². The van der Waals surface area contributed by atoms with Crippen molar-refractivity contribution in [2.24, 2.45) is 5.73 Å². The first-order valence-corrected chi connectivity index (χ1v) is 7.82. The Morgan fingerprint density at radius 2 is 1.85 bits per heavy atom. The third-order valence-corrected chi connectivity index (χ3v) is 3.99. The molecule has 0 bridgehead atoms. The van der Waals surface area contributed by atoms with E-state index in [1.807, 2.05) is 49.4 Å². The van der Waals surface area contributed by atoms with Gasteiger partial charge in [-0.2, -0.15) is 0 Å². The summed E-state index contributed by atoms with van der Waals surface area (Å²) in [6.07, 6.45) is 0. The predicted octanol–water partition coefficient (Wildman–Crippen LogP) is 4.53. The van der Waals surface area contributed by atoms with Crippen LogP contribution in [0.3, 0.4) is 0 Å². The van der Waals surface area contributed by atoms with Crippen LogP contribution in [0.2, 0.25) is 0 Å². The van der Waals surface area contributed by atoms with Crippen molar-refractivity contribution >= 4 is 29.0 Å². The fourth-order valence-electron chi connectivity index (χ4n) is 1.90. The van der Waals surface area contributed by atoms with Gasteiger partial charge in [-0.15, -0.1) is 11.8 Å². The maximum absolute atomic E-state index is 6.01.